The van der Waals surface area contributed by atoms with Crippen molar-refractivity contribution in [2.45, 2.75) is 38.8 Å². The smallest absolute Gasteiger partial charge is 0.331 e. The van der Waals surface area contributed by atoms with Crippen LogP contribution >= 0.6 is 0 Å². The molecule has 1 amide bonds. The third-order valence-electron chi connectivity index (χ3n) is 5.13. The van der Waals surface area contributed by atoms with Crippen molar-refractivity contribution < 1.29 is 32.2 Å². The summed E-state index contributed by atoms with van der Waals surface area (Å²) in [7, 11) is -0.117. The van der Waals surface area contributed by atoms with Gasteiger partial charge in [-0.15, -0.1) is 0 Å². The molecule has 0 N–H and O–H groups in total. The van der Waals surface area contributed by atoms with E-state index in [1.54, 1.807) is 23.1 Å². The molecule has 0 saturated carbocycles. The first kappa shape index (κ1) is 23.7. The lowest BCUT2D eigenvalue weighted by Gasteiger charge is -2.33. The van der Waals surface area contributed by atoms with E-state index in [4.69, 9.17) is 14.2 Å². The van der Waals surface area contributed by atoms with Crippen LogP contribution in [0.15, 0.2) is 24.3 Å². The molecule has 1 aromatic rings. The molecule has 1 aliphatic heterocycles. The van der Waals surface area contributed by atoms with E-state index in [1.165, 1.54) is 26.4 Å². The lowest BCUT2D eigenvalue weighted by atomic mass is 10.1. The van der Waals surface area contributed by atoms with E-state index in [0.717, 1.165) is 0 Å². The van der Waals surface area contributed by atoms with Crippen LogP contribution in [-0.2, 0) is 24.2 Å². The highest BCUT2D eigenvalue weighted by molar-refractivity contribution is 7.91. The normalized spacial score (nSPS) is 18.7. The highest BCUT2D eigenvalue weighted by Gasteiger charge is 2.36. The molecular weight excluding hydrogens is 410 g/mol. The van der Waals surface area contributed by atoms with Crippen molar-refractivity contribution in [3.8, 4) is 11.5 Å². The van der Waals surface area contributed by atoms with Gasteiger partial charge in [-0.05, 0) is 31.9 Å². The average Bonchev–Trinajstić information content (AvgIpc) is 3.09. The van der Waals surface area contributed by atoms with Crippen LogP contribution in [0.2, 0.25) is 0 Å². The first-order chi connectivity index (χ1) is 14.2. The van der Waals surface area contributed by atoms with E-state index < -0.39 is 28.3 Å². The molecule has 1 aliphatic rings. The van der Waals surface area contributed by atoms with Crippen molar-refractivity contribution >= 4 is 27.8 Å². The maximum absolute atomic E-state index is 12.7. The number of ether oxygens (including phenoxy) is 3. The Morgan fingerprint density at radius 1 is 1.27 bits per heavy atom. The van der Waals surface area contributed by atoms with Gasteiger partial charge in [0.2, 0.25) is 0 Å². The van der Waals surface area contributed by atoms with E-state index in [0.29, 0.717) is 29.9 Å². The number of esters is 1. The predicted molar refractivity (Wildman–Crippen MR) is 113 cm³/mol. The lowest BCUT2D eigenvalue weighted by molar-refractivity contribution is -0.150. The Morgan fingerprint density at radius 3 is 2.57 bits per heavy atom. The molecule has 1 heterocycles. The number of hydrogen-bond acceptors (Lipinski definition) is 7. The summed E-state index contributed by atoms with van der Waals surface area (Å²) in [4.78, 5) is 26.4. The molecule has 0 spiro atoms. The van der Waals surface area contributed by atoms with Crippen LogP contribution < -0.4 is 9.47 Å². The number of sulfone groups is 1. The van der Waals surface area contributed by atoms with Crippen LogP contribution in [0.4, 0.5) is 0 Å². The van der Waals surface area contributed by atoms with E-state index in [-0.39, 0.29) is 23.6 Å². The molecule has 2 atom stereocenters. The zero-order valence-corrected chi connectivity index (χ0v) is 18.6. The van der Waals surface area contributed by atoms with Crippen molar-refractivity contribution in [1.29, 1.82) is 0 Å². The number of benzene rings is 1. The summed E-state index contributed by atoms with van der Waals surface area (Å²) in [6, 6.07) is 4.72. The molecule has 1 aromatic carbocycles. The van der Waals surface area contributed by atoms with Gasteiger partial charge in [-0.2, -0.15) is 0 Å². The van der Waals surface area contributed by atoms with Gasteiger partial charge in [-0.25, -0.2) is 13.2 Å². The van der Waals surface area contributed by atoms with E-state index in [2.05, 4.69) is 0 Å². The van der Waals surface area contributed by atoms with Crippen molar-refractivity contribution in [1.82, 2.24) is 4.90 Å². The van der Waals surface area contributed by atoms with Crippen LogP contribution in [0.5, 0.6) is 11.5 Å². The van der Waals surface area contributed by atoms with Gasteiger partial charge in [-0.3, -0.25) is 4.79 Å². The van der Waals surface area contributed by atoms with Gasteiger partial charge < -0.3 is 19.1 Å². The van der Waals surface area contributed by atoms with Gasteiger partial charge in [0, 0.05) is 23.7 Å². The summed E-state index contributed by atoms with van der Waals surface area (Å²) in [5.74, 6) is -0.0528. The summed E-state index contributed by atoms with van der Waals surface area (Å²) in [5, 5.41) is 0. The molecule has 9 heteroatoms. The second kappa shape index (κ2) is 10.5. The fourth-order valence-electron chi connectivity index (χ4n) is 3.46. The molecule has 0 radical (unpaired) electrons. The molecule has 2 rings (SSSR count). The Labute approximate surface area is 177 Å². The Kier molecular flexibility index (Phi) is 8.28. The topological polar surface area (TPSA) is 99.2 Å². The van der Waals surface area contributed by atoms with Gasteiger partial charge in [0.15, 0.2) is 27.9 Å². The quantitative estimate of drug-likeness (QED) is 0.429. The van der Waals surface area contributed by atoms with Gasteiger partial charge in [0.1, 0.15) is 0 Å². The highest BCUT2D eigenvalue weighted by atomic mass is 32.2. The molecule has 2 unspecified atom stereocenters. The van der Waals surface area contributed by atoms with Gasteiger partial charge in [0.05, 0.1) is 25.7 Å². The highest BCUT2D eigenvalue weighted by Crippen LogP contribution is 2.31. The molecular formula is C21H29NO7S. The minimum Gasteiger partial charge on any atom is -0.493 e. The number of carbonyl (C=O) groups is 2. The first-order valence-electron chi connectivity index (χ1n) is 9.79. The van der Waals surface area contributed by atoms with Crippen molar-refractivity contribution in [3.05, 3.63) is 29.8 Å². The number of hydrogen-bond donors (Lipinski definition) is 0. The summed E-state index contributed by atoms with van der Waals surface area (Å²) >= 11 is 0. The van der Waals surface area contributed by atoms with E-state index >= 15 is 0 Å². The Morgan fingerprint density at radius 2 is 2.00 bits per heavy atom. The van der Waals surface area contributed by atoms with Gasteiger partial charge in [0.25, 0.3) is 5.91 Å². The standard InChI is InChI=1S/C21H29NO7S/c1-5-15(2)22(17-11-12-30(25,26)14-17)19(23)13-29-20(24)10-9-16-7-6-8-18(27-3)21(16)28-4/h6-10,15,17H,5,11-14H2,1-4H3/b10-9+. The molecule has 8 nitrogen and oxygen atoms in total. The molecule has 30 heavy (non-hydrogen) atoms. The zero-order chi connectivity index (χ0) is 22.3. The van der Waals surface area contributed by atoms with Crippen LogP contribution in [0.3, 0.4) is 0 Å². The number of para-hydroxylation sites is 1. The largest absolute Gasteiger partial charge is 0.493 e. The van der Waals surface area contributed by atoms with Crippen molar-refractivity contribution in [2.24, 2.45) is 0 Å². The maximum atomic E-state index is 12.7. The molecule has 1 fully saturated rings. The fourth-order valence-corrected chi connectivity index (χ4v) is 5.17. The summed E-state index contributed by atoms with van der Waals surface area (Å²) in [6.45, 7) is 3.34. The average molecular weight is 440 g/mol. The lowest BCUT2D eigenvalue weighted by Crippen LogP contribution is -2.48. The van der Waals surface area contributed by atoms with Crippen LogP contribution in [0.25, 0.3) is 6.08 Å². The molecule has 166 valence electrons. The molecule has 0 aliphatic carbocycles. The number of amides is 1. The Bertz CT molecular complexity index is 895. The van der Waals surface area contributed by atoms with Crippen molar-refractivity contribution in [2.75, 3.05) is 32.3 Å². The van der Waals surface area contributed by atoms with E-state index in [1.807, 2.05) is 13.8 Å². The molecule has 1 saturated heterocycles. The van der Waals surface area contributed by atoms with Crippen LogP contribution in [0, 0.1) is 0 Å². The monoisotopic (exact) mass is 439 g/mol. The molecule has 0 aromatic heterocycles. The van der Waals surface area contributed by atoms with Crippen LogP contribution in [-0.4, -0.2) is 69.6 Å². The number of nitrogens with zero attached hydrogens (tertiary/aromatic N) is 1. The summed E-state index contributed by atoms with van der Waals surface area (Å²) < 4.78 is 39.2. The maximum Gasteiger partial charge on any atom is 0.331 e. The number of methoxy groups -OCH3 is 2. The third kappa shape index (κ3) is 5.98. The summed E-state index contributed by atoms with van der Waals surface area (Å²) in [5.41, 5.74) is 0.623. The fraction of sp³-hybridized carbons (Fsp3) is 0.524. The SMILES string of the molecule is CCC(C)N(C(=O)COC(=O)/C=C/c1cccc(OC)c1OC)C1CCS(=O)(=O)C1. The third-order valence-corrected chi connectivity index (χ3v) is 6.88. The summed E-state index contributed by atoms with van der Waals surface area (Å²) in [6.07, 6.45) is 3.80. The van der Waals surface area contributed by atoms with E-state index in [9.17, 15) is 18.0 Å². The second-order valence-electron chi connectivity index (χ2n) is 7.14. The Hall–Kier alpha value is -2.55. The minimum atomic E-state index is -3.13. The number of rotatable bonds is 9. The van der Waals surface area contributed by atoms with Gasteiger partial charge in [-0.1, -0.05) is 19.1 Å². The minimum absolute atomic E-state index is 0.0490. The zero-order valence-electron chi connectivity index (χ0n) is 17.8. The molecule has 0 bridgehead atoms. The van der Waals surface area contributed by atoms with Crippen molar-refractivity contribution in [3.63, 3.8) is 0 Å². The first-order valence-corrected chi connectivity index (χ1v) is 11.6. The van der Waals surface area contributed by atoms with Gasteiger partial charge >= 0.3 is 5.97 Å². The number of carbonyl (C=O) groups excluding carboxylic acids is 2. The Balaban J connectivity index is 2.02. The predicted octanol–water partition coefficient (Wildman–Crippen LogP) is 2.07. The van der Waals surface area contributed by atoms with Crippen LogP contribution in [0.1, 0.15) is 32.3 Å². The second-order valence-corrected chi connectivity index (χ2v) is 9.37.